The van der Waals surface area contributed by atoms with Gasteiger partial charge in [0.15, 0.2) is 0 Å². The van der Waals surface area contributed by atoms with E-state index in [2.05, 4.69) is 36.7 Å². The average molecular weight is 313 g/mol. The lowest BCUT2D eigenvalue weighted by Crippen LogP contribution is -2.31. The molecule has 0 aliphatic heterocycles. The molecule has 1 aliphatic carbocycles. The summed E-state index contributed by atoms with van der Waals surface area (Å²) in [5.74, 6) is 1.60. The number of amides is 1. The Hall–Kier alpha value is -0.770. The van der Waals surface area contributed by atoms with Crippen LogP contribution in [0.1, 0.15) is 43.7 Å². The standard InChI is InChI=1S/C14H21BrN2O/c1-9(2)17-8-12(15)6-13(17)14(18)16(4)7-11-5-10(11)3/h6,8-11H,5,7H2,1-4H3. The Morgan fingerprint density at radius 3 is 2.72 bits per heavy atom. The zero-order chi connectivity index (χ0) is 13.4. The van der Waals surface area contributed by atoms with Crippen molar-refractivity contribution in [2.75, 3.05) is 13.6 Å². The maximum Gasteiger partial charge on any atom is 0.270 e. The lowest BCUT2D eigenvalue weighted by atomic mass is 10.3. The predicted octanol–water partition coefficient (Wildman–Crippen LogP) is 3.56. The fourth-order valence-corrected chi connectivity index (χ4v) is 2.77. The largest absolute Gasteiger partial charge is 0.340 e. The van der Waals surface area contributed by atoms with Gasteiger partial charge in [-0.15, -0.1) is 0 Å². The van der Waals surface area contributed by atoms with E-state index >= 15 is 0 Å². The van der Waals surface area contributed by atoms with Crippen LogP contribution in [0.3, 0.4) is 0 Å². The summed E-state index contributed by atoms with van der Waals surface area (Å²) in [5, 5.41) is 0. The van der Waals surface area contributed by atoms with Gasteiger partial charge in [0.25, 0.3) is 5.91 Å². The smallest absolute Gasteiger partial charge is 0.270 e. The Morgan fingerprint density at radius 2 is 2.22 bits per heavy atom. The summed E-state index contributed by atoms with van der Waals surface area (Å²) in [5.41, 5.74) is 0.771. The third-order valence-electron chi connectivity index (χ3n) is 3.72. The van der Waals surface area contributed by atoms with Crippen molar-refractivity contribution in [2.24, 2.45) is 11.8 Å². The highest BCUT2D eigenvalue weighted by molar-refractivity contribution is 9.10. The molecule has 1 fully saturated rings. The number of nitrogens with zero attached hydrogens (tertiary/aromatic N) is 2. The van der Waals surface area contributed by atoms with E-state index in [9.17, 15) is 4.79 Å². The fraction of sp³-hybridized carbons (Fsp3) is 0.643. The van der Waals surface area contributed by atoms with Crippen LogP contribution in [0, 0.1) is 11.8 Å². The van der Waals surface area contributed by atoms with Crippen molar-refractivity contribution < 1.29 is 4.79 Å². The first-order valence-corrected chi connectivity index (χ1v) is 7.32. The van der Waals surface area contributed by atoms with Gasteiger partial charge < -0.3 is 9.47 Å². The summed E-state index contributed by atoms with van der Waals surface area (Å²) in [4.78, 5) is 14.3. The van der Waals surface area contributed by atoms with Crippen LogP contribution in [0.15, 0.2) is 16.7 Å². The fourth-order valence-electron chi connectivity index (χ4n) is 2.33. The van der Waals surface area contributed by atoms with Gasteiger partial charge in [-0.3, -0.25) is 4.79 Å². The zero-order valence-electron chi connectivity index (χ0n) is 11.5. The van der Waals surface area contributed by atoms with Crippen molar-refractivity contribution in [3.63, 3.8) is 0 Å². The lowest BCUT2D eigenvalue weighted by molar-refractivity contribution is 0.0774. The predicted molar refractivity (Wildman–Crippen MR) is 76.7 cm³/mol. The SMILES string of the molecule is CC1CC1CN(C)C(=O)c1cc(Br)cn1C(C)C. The van der Waals surface area contributed by atoms with Crippen LogP contribution in [-0.4, -0.2) is 29.0 Å². The third kappa shape index (κ3) is 2.79. The first-order chi connectivity index (χ1) is 8.40. The quantitative estimate of drug-likeness (QED) is 0.834. The molecule has 3 nitrogen and oxygen atoms in total. The summed E-state index contributed by atoms with van der Waals surface area (Å²) in [6.07, 6.45) is 3.23. The molecule has 0 bridgehead atoms. The molecule has 2 atom stereocenters. The van der Waals surface area contributed by atoms with Crippen LogP contribution in [-0.2, 0) is 0 Å². The summed E-state index contributed by atoms with van der Waals surface area (Å²) in [6.45, 7) is 7.30. The second kappa shape index (κ2) is 5.08. The number of rotatable bonds is 4. The highest BCUT2D eigenvalue weighted by atomic mass is 79.9. The molecule has 0 aromatic carbocycles. The van der Waals surface area contributed by atoms with Gasteiger partial charge in [-0.2, -0.15) is 0 Å². The second-order valence-corrected chi connectivity index (χ2v) is 6.62. The topological polar surface area (TPSA) is 25.2 Å². The molecule has 18 heavy (non-hydrogen) atoms. The third-order valence-corrected chi connectivity index (χ3v) is 4.16. The van der Waals surface area contributed by atoms with Crippen molar-refractivity contribution in [3.8, 4) is 0 Å². The average Bonchev–Trinajstić information content (AvgIpc) is 2.83. The maximum absolute atomic E-state index is 12.4. The van der Waals surface area contributed by atoms with Gasteiger partial charge in [0.05, 0.1) is 0 Å². The summed E-state index contributed by atoms with van der Waals surface area (Å²) in [6, 6.07) is 2.21. The second-order valence-electron chi connectivity index (χ2n) is 5.70. The summed E-state index contributed by atoms with van der Waals surface area (Å²) < 4.78 is 2.99. The lowest BCUT2D eigenvalue weighted by Gasteiger charge is -2.19. The highest BCUT2D eigenvalue weighted by Gasteiger charge is 2.34. The Morgan fingerprint density at radius 1 is 1.61 bits per heavy atom. The summed E-state index contributed by atoms with van der Waals surface area (Å²) >= 11 is 3.45. The van der Waals surface area contributed by atoms with E-state index in [-0.39, 0.29) is 5.91 Å². The molecule has 0 spiro atoms. The normalized spacial score (nSPS) is 22.3. The number of hydrogen-bond acceptors (Lipinski definition) is 1. The Labute approximate surface area is 117 Å². The molecule has 1 aromatic heterocycles. The van der Waals surface area contributed by atoms with Gasteiger partial charge in [0.2, 0.25) is 0 Å². The minimum Gasteiger partial charge on any atom is -0.340 e. The molecule has 0 N–H and O–H groups in total. The number of carbonyl (C=O) groups is 1. The van der Waals surface area contributed by atoms with E-state index in [1.165, 1.54) is 6.42 Å². The van der Waals surface area contributed by atoms with Crippen molar-refractivity contribution >= 4 is 21.8 Å². The van der Waals surface area contributed by atoms with E-state index in [0.29, 0.717) is 12.0 Å². The van der Waals surface area contributed by atoms with Crippen LogP contribution in [0.2, 0.25) is 0 Å². The van der Waals surface area contributed by atoms with Gasteiger partial charge >= 0.3 is 0 Å². The Balaban J connectivity index is 2.12. The molecule has 2 unspecified atom stereocenters. The zero-order valence-corrected chi connectivity index (χ0v) is 13.1. The van der Waals surface area contributed by atoms with Crippen LogP contribution in [0.4, 0.5) is 0 Å². The van der Waals surface area contributed by atoms with Crippen molar-refractivity contribution in [2.45, 2.75) is 33.2 Å². The monoisotopic (exact) mass is 312 g/mol. The van der Waals surface area contributed by atoms with Crippen LogP contribution in [0.5, 0.6) is 0 Å². The molecule has 1 aliphatic rings. The van der Waals surface area contributed by atoms with Crippen molar-refractivity contribution in [1.82, 2.24) is 9.47 Å². The molecule has 1 aromatic rings. The van der Waals surface area contributed by atoms with Gasteiger partial charge in [-0.1, -0.05) is 6.92 Å². The molecule has 0 radical (unpaired) electrons. The molecule has 0 saturated heterocycles. The maximum atomic E-state index is 12.4. The number of aromatic nitrogens is 1. The van der Waals surface area contributed by atoms with Gasteiger partial charge in [0, 0.05) is 30.3 Å². The Bertz CT molecular complexity index is 453. The molecular formula is C14H21BrN2O. The Kier molecular flexibility index (Phi) is 3.85. The van der Waals surface area contributed by atoms with Crippen molar-refractivity contribution in [1.29, 1.82) is 0 Å². The highest BCUT2D eigenvalue weighted by Crippen LogP contribution is 2.38. The van der Waals surface area contributed by atoms with Gasteiger partial charge in [0.1, 0.15) is 5.69 Å². The molecule has 2 rings (SSSR count). The van der Waals surface area contributed by atoms with E-state index in [1.807, 2.05) is 28.8 Å². The van der Waals surface area contributed by atoms with E-state index < -0.39 is 0 Å². The first-order valence-electron chi connectivity index (χ1n) is 6.53. The molecule has 1 amide bonds. The number of halogens is 1. The van der Waals surface area contributed by atoms with E-state index in [4.69, 9.17) is 0 Å². The molecular weight excluding hydrogens is 292 g/mol. The molecule has 100 valence electrons. The van der Waals surface area contributed by atoms with E-state index in [1.54, 1.807) is 0 Å². The van der Waals surface area contributed by atoms with Crippen LogP contribution in [0.25, 0.3) is 0 Å². The first kappa shape index (κ1) is 13.7. The number of hydrogen-bond donors (Lipinski definition) is 0. The van der Waals surface area contributed by atoms with Gasteiger partial charge in [-0.05, 0) is 54.1 Å². The minimum atomic E-state index is 0.119. The summed E-state index contributed by atoms with van der Waals surface area (Å²) in [7, 11) is 1.90. The number of carbonyl (C=O) groups excluding carboxylic acids is 1. The van der Waals surface area contributed by atoms with E-state index in [0.717, 1.165) is 22.6 Å². The minimum absolute atomic E-state index is 0.119. The molecule has 1 saturated carbocycles. The molecule has 1 heterocycles. The van der Waals surface area contributed by atoms with Crippen molar-refractivity contribution in [3.05, 3.63) is 22.4 Å². The molecule has 4 heteroatoms. The van der Waals surface area contributed by atoms with Crippen LogP contribution >= 0.6 is 15.9 Å². The van der Waals surface area contributed by atoms with Crippen LogP contribution < -0.4 is 0 Å². The van der Waals surface area contributed by atoms with Gasteiger partial charge in [-0.25, -0.2) is 0 Å².